The SMILES string of the molecule is Cc1ccnc(-c2cc(C)ccn2)c1.O=[N+]([O-])[O-].O=[N+]([O-])[O-].[Cu+2]. The van der Waals surface area contributed by atoms with Crippen LogP contribution in [-0.4, -0.2) is 20.1 Å². The molecule has 11 heteroatoms. The van der Waals surface area contributed by atoms with Crippen LogP contribution in [0.1, 0.15) is 11.1 Å². The van der Waals surface area contributed by atoms with E-state index in [1.807, 2.05) is 36.7 Å². The molecule has 0 aliphatic rings. The minimum Gasteiger partial charge on any atom is -0.356 e. The first-order valence-corrected chi connectivity index (χ1v) is 5.71. The summed E-state index contributed by atoms with van der Waals surface area (Å²) in [6.45, 7) is 4.11. The quantitative estimate of drug-likeness (QED) is 0.419. The van der Waals surface area contributed by atoms with E-state index in [4.69, 9.17) is 30.6 Å². The molecule has 0 aromatic carbocycles. The van der Waals surface area contributed by atoms with Gasteiger partial charge in [-0.05, 0) is 49.2 Å². The van der Waals surface area contributed by atoms with E-state index >= 15 is 0 Å². The van der Waals surface area contributed by atoms with Gasteiger partial charge in [-0.15, -0.1) is 0 Å². The van der Waals surface area contributed by atoms with E-state index < -0.39 is 10.2 Å². The van der Waals surface area contributed by atoms with Crippen LogP contribution in [0.3, 0.4) is 0 Å². The fraction of sp³-hybridized carbons (Fsp3) is 0.167. The minimum absolute atomic E-state index is 0. The van der Waals surface area contributed by atoms with Gasteiger partial charge in [-0.25, -0.2) is 0 Å². The van der Waals surface area contributed by atoms with Gasteiger partial charge in [-0.3, -0.25) is 9.97 Å². The summed E-state index contributed by atoms with van der Waals surface area (Å²) in [6.07, 6.45) is 3.63. The third-order valence-corrected chi connectivity index (χ3v) is 2.09. The van der Waals surface area contributed by atoms with Crippen molar-refractivity contribution in [1.82, 2.24) is 9.97 Å². The first kappa shape index (κ1) is 22.5. The van der Waals surface area contributed by atoms with Gasteiger partial charge in [0.1, 0.15) is 0 Å². The molecule has 0 atom stereocenters. The number of pyridine rings is 2. The molecule has 0 saturated heterocycles. The van der Waals surface area contributed by atoms with Gasteiger partial charge in [0.05, 0.1) is 21.6 Å². The summed E-state index contributed by atoms with van der Waals surface area (Å²) < 4.78 is 0. The van der Waals surface area contributed by atoms with Gasteiger partial charge in [-0.1, -0.05) is 0 Å². The van der Waals surface area contributed by atoms with Crippen molar-refractivity contribution in [1.29, 1.82) is 0 Å². The summed E-state index contributed by atoms with van der Waals surface area (Å²) >= 11 is 0. The molecule has 1 radical (unpaired) electrons. The van der Waals surface area contributed by atoms with Gasteiger partial charge in [0.2, 0.25) is 0 Å². The average Bonchev–Trinajstić information content (AvgIpc) is 2.37. The molecule has 0 N–H and O–H groups in total. The van der Waals surface area contributed by atoms with Crippen LogP contribution in [0.2, 0.25) is 0 Å². The molecule has 2 aromatic heterocycles. The molecule has 0 fully saturated rings. The molecule has 0 aliphatic heterocycles. The van der Waals surface area contributed by atoms with Crippen LogP contribution in [0.25, 0.3) is 11.4 Å². The third kappa shape index (κ3) is 12.7. The maximum absolute atomic E-state index is 8.25. The van der Waals surface area contributed by atoms with Crippen LogP contribution in [0.15, 0.2) is 36.7 Å². The zero-order valence-electron chi connectivity index (χ0n) is 12.0. The van der Waals surface area contributed by atoms with E-state index in [1.165, 1.54) is 11.1 Å². The zero-order valence-corrected chi connectivity index (χ0v) is 12.9. The second-order valence-electron chi connectivity index (χ2n) is 3.88. The van der Waals surface area contributed by atoms with Gasteiger partial charge in [-0.2, -0.15) is 0 Å². The molecule has 127 valence electrons. The fourth-order valence-electron chi connectivity index (χ4n) is 1.35. The Labute approximate surface area is 141 Å². The molecule has 0 amide bonds. The number of aromatic nitrogens is 2. The molecule has 0 spiro atoms. The van der Waals surface area contributed by atoms with E-state index in [9.17, 15) is 0 Å². The van der Waals surface area contributed by atoms with Gasteiger partial charge < -0.3 is 30.6 Å². The number of hydrogen-bond acceptors (Lipinski definition) is 8. The normalized spacial score (nSPS) is 8.26. The Morgan fingerprint density at radius 1 is 0.783 bits per heavy atom. The molecule has 0 saturated carbocycles. The maximum atomic E-state index is 8.25. The number of rotatable bonds is 1. The molecule has 2 aromatic rings. The van der Waals surface area contributed by atoms with Gasteiger partial charge in [0.15, 0.2) is 0 Å². The average molecular weight is 372 g/mol. The van der Waals surface area contributed by atoms with Crippen LogP contribution in [0, 0.1) is 44.5 Å². The van der Waals surface area contributed by atoms with Gasteiger partial charge >= 0.3 is 17.1 Å². The van der Waals surface area contributed by atoms with Crippen molar-refractivity contribution in [3.8, 4) is 11.4 Å². The van der Waals surface area contributed by atoms with Crippen molar-refractivity contribution in [2.24, 2.45) is 0 Å². The van der Waals surface area contributed by atoms with Gasteiger partial charge in [0.25, 0.3) is 0 Å². The molecule has 0 aliphatic carbocycles. The predicted octanol–water partition coefficient (Wildman–Crippen LogP) is 2.28. The number of nitrogens with zero attached hydrogens (tertiary/aromatic N) is 4. The van der Waals surface area contributed by atoms with Crippen LogP contribution in [0.4, 0.5) is 0 Å². The maximum Gasteiger partial charge on any atom is 2.00 e. The Morgan fingerprint density at radius 3 is 1.26 bits per heavy atom. The van der Waals surface area contributed by atoms with Crippen molar-refractivity contribution in [2.45, 2.75) is 13.8 Å². The van der Waals surface area contributed by atoms with E-state index in [-0.39, 0.29) is 17.1 Å². The Kier molecular flexibility index (Phi) is 11.6. The Balaban J connectivity index is 0. The summed E-state index contributed by atoms with van der Waals surface area (Å²) in [6, 6.07) is 8.06. The van der Waals surface area contributed by atoms with E-state index in [0.717, 1.165) is 11.4 Å². The predicted molar refractivity (Wildman–Crippen MR) is 77.7 cm³/mol. The Morgan fingerprint density at radius 2 is 1.04 bits per heavy atom. The fourth-order valence-corrected chi connectivity index (χ4v) is 1.35. The van der Waals surface area contributed by atoms with Crippen LogP contribution in [-0.2, 0) is 17.1 Å². The molecule has 0 unspecified atom stereocenters. The van der Waals surface area contributed by atoms with Crippen molar-refractivity contribution in [3.05, 3.63) is 78.4 Å². The summed E-state index contributed by atoms with van der Waals surface area (Å²) in [5, 5.41) is 29.5. The third-order valence-electron chi connectivity index (χ3n) is 2.09. The second kappa shape index (κ2) is 11.8. The minimum atomic E-state index is -1.75. The first-order valence-electron chi connectivity index (χ1n) is 5.71. The van der Waals surface area contributed by atoms with Crippen LogP contribution < -0.4 is 0 Å². The summed E-state index contributed by atoms with van der Waals surface area (Å²) in [4.78, 5) is 25.1. The largest absolute Gasteiger partial charge is 2.00 e. The Bertz CT molecular complexity index is 577. The zero-order chi connectivity index (χ0) is 17.1. The Hall–Kier alpha value is -2.78. The molecular weight excluding hydrogens is 360 g/mol. The standard InChI is InChI=1S/C12H12N2.Cu.2NO3/c1-9-3-5-13-11(7-9)12-8-10(2)4-6-14-12;;2*2-1(3)4/h3-8H,1-2H3;;;/q;+2;2*-1. The monoisotopic (exact) mass is 371 g/mol. The molecule has 2 heterocycles. The van der Waals surface area contributed by atoms with Crippen molar-refractivity contribution < 1.29 is 27.2 Å². The molecule has 10 nitrogen and oxygen atoms in total. The summed E-state index contributed by atoms with van der Waals surface area (Å²) in [7, 11) is 0. The van der Waals surface area contributed by atoms with E-state index in [2.05, 4.69) is 23.8 Å². The first-order chi connectivity index (χ1) is 10.2. The molecule has 23 heavy (non-hydrogen) atoms. The topological polar surface area (TPSA) is 158 Å². The van der Waals surface area contributed by atoms with Crippen LogP contribution >= 0.6 is 0 Å². The molecule has 0 bridgehead atoms. The smallest absolute Gasteiger partial charge is 0.356 e. The number of aryl methyl sites for hydroxylation is 2. The summed E-state index contributed by atoms with van der Waals surface area (Å²) in [5.74, 6) is 0. The summed E-state index contributed by atoms with van der Waals surface area (Å²) in [5.41, 5.74) is 4.29. The second-order valence-corrected chi connectivity index (χ2v) is 3.88. The van der Waals surface area contributed by atoms with Crippen molar-refractivity contribution in [2.75, 3.05) is 0 Å². The molecular formula is C12H12CuN4O6. The van der Waals surface area contributed by atoms with Gasteiger partial charge in [0, 0.05) is 12.4 Å². The molecule has 2 rings (SSSR count). The van der Waals surface area contributed by atoms with Crippen molar-refractivity contribution >= 4 is 0 Å². The van der Waals surface area contributed by atoms with Crippen molar-refractivity contribution in [3.63, 3.8) is 0 Å². The number of hydrogen-bond donors (Lipinski definition) is 0. The van der Waals surface area contributed by atoms with E-state index in [1.54, 1.807) is 0 Å². The van der Waals surface area contributed by atoms with E-state index in [0.29, 0.717) is 0 Å². The van der Waals surface area contributed by atoms with Crippen LogP contribution in [0.5, 0.6) is 0 Å².